The van der Waals surface area contributed by atoms with Crippen molar-refractivity contribution in [2.45, 2.75) is 51.0 Å². The number of hydrogen-bond donors (Lipinski definition) is 2. The number of aliphatic hydroxyl groups is 1. The molecule has 1 amide bonds. The lowest BCUT2D eigenvalue weighted by Gasteiger charge is -2.25. The van der Waals surface area contributed by atoms with E-state index in [1.165, 1.54) is 0 Å². The summed E-state index contributed by atoms with van der Waals surface area (Å²) < 4.78 is 5.64. The van der Waals surface area contributed by atoms with E-state index in [0.717, 1.165) is 31.2 Å². The summed E-state index contributed by atoms with van der Waals surface area (Å²) in [5.74, 6) is 1.51. The molecule has 1 aromatic heterocycles. The SMILES string of the molecule is O=C(CCCc1nnc(-c2ccccc2)o1)NCC1CCCC(O)C1. The molecule has 6 nitrogen and oxygen atoms in total. The first-order chi connectivity index (χ1) is 12.2. The number of carbonyl (C=O) groups excluding carboxylic acids is 1. The van der Waals surface area contributed by atoms with Gasteiger partial charge in [-0.05, 0) is 43.7 Å². The molecule has 0 bridgehead atoms. The molecule has 2 atom stereocenters. The second kappa shape index (κ2) is 8.76. The summed E-state index contributed by atoms with van der Waals surface area (Å²) in [7, 11) is 0. The van der Waals surface area contributed by atoms with Gasteiger partial charge in [0.25, 0.3) is 0 Å². The standard InChI is InChI=1S/C19H25N3O3/c23-16-9-4-6-14(12-16)13-20-17(24)10-5-11-18-21-22-19(25-18)15-7-2-1-3-8-15/h1-3,7-8,14,16,23H,4-6,9-13H2,(H,20,24). The Hall–Kier alpha value is -2.21. The van der Waals surface area contributed by atoms with Crippen molar-refractivity contribution >= 4 is 5.91 Å². The zero-order valence-electron chi connectivity index (χ0n) is 14.4. The highest BCUT2D eigenvalue weighted by atomic mass is 16.4. The minimum atomic E-state index is -0.202. The molecular weight excluding hydrogens is 318 g/mol. The van der Waals surface area contributed by atoms with Gasteiger partial charge in [0.1, 0.15) is 0 Å². The molecule has 0 aliphatic heterocycles. The van der Waals surface area contributed by atoms with Crippen molar-refractivity contribution in [1.82, 2.24) is 15.5 Å². The van der Waals surface area contributed by atoms with Crippen molar-refractivity contribution in [3.63, 3.8) is 0 Å². The third kappa shape index (κ3) is 5.39. The van der Waals surface area contributed by atoms with Gasteiger partial charge < -0.3 is 14.8 Å². The Morgan fingerprint density at radius 3 is 2.88 bits per heavy atom. The van der Waals surface area contributed by atoms with Crippen LogP contribution in [0.4, 0.5) is 0 Å². The van der Waals surface area contributed by atoms with Gasteiger partial charge in [0.15, 0.2) is 0 Å². The molecule has 1 fully saturated rings. The topological polar surface area (TPSA) is 88.2 Å². The van der Waals surface area contributed by atoms with E-state index in [2.05, 4.69) is 15.5 Å². The maximum absolute atomic E-state index is 11.9. The normalized spacial score (nSPS) is 20.4. The molecule has 0 spiro atoms. The van der Waals surface area contributed by atoms with Gasteiger partial charge >= 0.3 is 0 Å². The first kappa shape index (κ1) is 17.6. The number of hydrogen-bond acceptors (Lipinski definition) is 5. The van der Waals surface area contributed by atoms with Crippen LogP contribution in [0.15, 0.2) is 34.7 Å². The summed E-state index contributed by atoms with van der Waals surface area (Å²) in [6.07, 6.45) is 5.32. The van der Waals surface area contributed by atoms with Gasteiger partial charge in [0.05, 0.1) is 6.10 Å². The molecule has 6 heteroatoms. The van der Waals surface area contributed by atoms with Crippen LogP contribution in [0, 0.1) is 5.92 Å². The number of nitrogens with one attached hydrogen (secondary N) is 1. The third-order valence-corrected chi connectivity index (χ3v) is 4.63. The van der Waals surface area contributed by atoms with Crippen molar-refractivity contribution in [2.24, 2.45) is 5.92 Å². The first-order valence-corrected chi connectivity index (χ1v) is 9.03. The van der Waals surface area contributed by atoms with E-state index in [4.69, 9.17) is 4.42 Å². The summed E-state index contributed by atoms with van der Waals surface area (Å²) in [5.41, 5.74) is 0.897. The second-order valence-corrected chi connectivity index (χ2v) is 6.71. The Morgan fingerprint density at radius 2 is 2.08 bits per heavy atom. The fourth-order valence-electron chi connectivity index (χ4n) is 3.25. The largest absolute Gasteiger partial charge is 0.421 e. The highest BCUT2D eigenvalue weighted by molar-refractivity contribution is 5.75. The predicted molar refractivity (Wildman–Crippen MR) is 93.6 cm³/mol. The minimum Gasteiger partial charge on any atom is -0.421 e. The van der Waals surface area contributed by atoms with E-state index >= 15 is 0 Å². The van der Waals surface area contributed by atoms with E-state index in [9.17, 15) is 9.90 Å². The second-order valence-electron chi connectivity index (χ2n) is 6.71. The highest BCUT2D eigenvalue weighted by Gasteiger charge is 2.20. The van der Waals surface area contributed by atoms with Crippen LogP contribution in [0.1, 0.15) is 44.4 Å². The average Bonchev–Trinajstić information content (AvgIpc) is 3.10. The molecule has 2 N–H and O–H groups in total. The van der Waals surface area contributed by atoms with Gasteiger partial charge in [-0.15, -0.1) is 10.2 Å². The summed E-state index contributed by atoms with van der Waals surface area (Å²) >= 11 is 0. The zero-order chi connectivity index (χ0) is 17.5. The van der Waals surface area contributed by atoms with Crippen molar-refractivity contribution in [3.8, 4) is 11.5 Å². The van der Waals surface area contributed by atoms with Gasteiger partial charge in [0.2, 0.25) is 17.7 Å². The molecule has 1 saturated carbocycles. The predicted octanol–water partition coefficient (Wildman–Crippen LogP) is 2.73. The molecule has 0 saturated heterocycles. The molecule has 2 unspecified atom stereocenters. The number of aromatic nitrogens is 2. The lowest BCUT2D eigenvalue weighted by Crippen LogP contribution is -2.32. The monoisotopic (exact) mass is 343 g/mol. The number of benzene rings is 1. The maximum Gasteiger partial charge on any atom is 0.247 e. The number of nitrogens with zero attached hydrogens (tertiary/aromatic N) is 2. The Morgan fingerprint density at radius 1 is 1.24 bits per heavy atom. The third-order valence-electron chi connectivity index (χ3n) is 4.63. The average molecular weight is 343 g/mol. The number of carbonyl (C=O) groups is 1. The number of rotatable bonds is 7. The van der Waals surface area contributed by atoms with Gasteiger partial charge in [-0.3, -0.25) is 4.79 Å². The highest BCUT2D eigenvalue weighted by Crippen LogP contribution is 2.23. The molecule has 3 rings (SSSR count). The van der Waals surface area contributed by atoms with Gasteiger partial charge in [-0.1, -0.05) is 24.6 Å². The van der Waals surface area contributed by atoms with Crippen LogP contribution in [0.25, 0.3) is 11.5 Å². The molecule has 1 heterocycles. The van der Waals surface area contributed by atoms with Crippen molar-refractivity contribution in [2.75, 3.05) is 6.54 Å². The van der Waals surface area contributed by atoms with Crippen LogP contribution in [-0.4, -0.2) is 33.9 Å². The van der Waals surface area contributed by atoms with Crippen LogP contribution < -0.4 is 5.32 Å². The Kier molecular flexibility index (Phi) is 6.17. The van der Waals surface area contributed by atoms with Crippen LogP contribution in [0.3, 0.4) is 0 Å². The van der Waals surface area contributed by atoms with Crippen LogP contribution in [0.2, 0.25) is 0 Å². The Balaban J connectivity index is 1.36. The van der Waals surface area contributed by atoms with Gasteiger partial charge in [0, 0.05) is 24.9 Å². The lowest BCUT2D eigenvalue weighted by atomic mass is 9.87. The van der Waals surface area contributed by atoms with Gasteiger partial charge in [-0.2, -0.15) is 0 Å². The molecule has 2 aromatic rings. The Labute approximate surface area is 147 Å². The molecule has 1 aliphatic rings. The minimum absolute atomic E-state index is 0.0443. The molecule has 0 radical (unpaired) electrons. The maximum atomic E-state index is 11.9. The first-order valence-electron chi connectivity index (χ1n) is 9.03. The van der Waals surface area contributed by atoms with E-state index < -0.39 is 0 Å². The lowest BCUT2D eigenvalue weighted by molar-refractivity contribution is -0.121. The van der Waals surface area contributed by atoms with Crippen molar-refractivity contribution < 1.29 is 14.3 Å². The van der Waals surface area contributed by atoms with E-state index in [1.807, 2.05) is 30.3 Å². The van der Waals surface area contributed by atoms with Crippen molar-refractivity contribution in [3.05, 3.63) is 36.2 Å². The molecule has 1 aliphatic carbocycles. The quantitative estimate of drug-likeness (QED) is 0.807. The Bertz CT molecular complexity index is 672. The molecule has 1 aromatic carbocycles. The van der Waals surface area contributed by atoms with Crippen LogP contribution in [0.5, 0.6) is 0 Å². The summed E-state index contributed by atoms with van der Waals surface area (Å²) in [4.78, 5) is 11.9. The number of amides is 1. The molecular formula is C19H25N3O3. The van der Waals surface area contributed by atoms with Crippen LogP contribution in [-0.2, 0) is 11.2 Å². The smallest absolute Gasteiger partial charge is 0.247 e. The summed E-state index contributed by atoms with van der Waals surface area (Å²) in [6, 6.07) is 9.64. The van der Waals surface area contributed by atoms with Crippen molar-refractivity contribution in [1.29, 1.82) is 0 Å². The fourth-order valence-corrected chi connectivity index (χ4v) is 3.25. The summed E-state index contributed by atoms with van der Waals surface area (Å²) in [5, 5.41) is 20.7. The zero-order valence-corrected chi connectivity index (χ0v) is 14.4. The fraction of sp³-hybridized carbons (Fsp3) is 0.526. The number of aliphatic hydroxyl groups excluding tert-OH is 1. The van der Waals surface area contributed by atoms with E-state index in [1.54, 1.807) is 0 Å². The van der Waals surface area contributed by atoms with Crippen LogP contribution >= 0.6 is 0 Å². The number of aryl methyl sites for hydroxylation is 1. The van der Waals surface area contributed by atoms with E-state index in [-0.39, 0.29) is 12.0 Å². The van der Waals surface area contributed by atoms with Gasteiger partial charge in [-0.25, -0.2) is 0 Å². The van der Waals surface area contributed by atoms with E-state index in [0.29, 0.717) is 43.5 Å². The summed E-state index contributed by atoms with van der Waals surface area (Å²) in [6.45, 7) is 0.661. The molecule has 25 heavy (non-hydrogen) atoms. The molecule has 134 valence electrons.